The topological polar surface area (TPSA) is 95.5 Å². The number of rotatable bonds is 15. The van der Waals surface area contributed by atoms with Gasteiger partial charge < -0.3 is 15.7 Å². The molecule has 0 radical (unpaired) electrons. The van der Waals surface area contributed by atoms with Gasteiger partial charge in [-0.15, -0.1) is 0 Å². The number of carbonyl (C=O) groups excluding carboxylic acids is 2. The molecule has 2 heterocycles. The predicted molar refractivity (Wildman–Crippen MR) is 121 cm³/mol. The molecule has 0 unspecified atom stereocenters. The molecule has 2 fully saturated rings. The van der Waals surface area contributed by atoms with E-state index in [-0.39, 0.29) is 24.8 Å². The van der Waals surface area contributed by atoms with Crippen LogP contribution in [-0.2, 0) is 14.4 Å². The van der Waals surface area contributed by atoms with Gasteiger partial charge in [0.15, 0.2) is 0 Å². The third-order valence-corrected chi connectivity index (χ3v) is 8.03. The molecular formula is C23H38N2O4S. The number of thioether (sulfide) groups is 1. The summed E-state index contributed by atoms with van der Waals surface area (Å²) in [7, 11) is 0. The second-order valence-electron chi connectivity index (χ2n) is 8.50. The molecule has 7 heteroatoms. The van der Waals surface area contributed by atoms with Gasteiger partial charge in [0.2, 0.25) is 11.8 Å². The molecule has 0 aromatic heterocycles. The van der Waals surface area contributed by atoms with E-state index in [9.17, 15) is 14.4 Å². The maximum atomic E-state index is 12.2. The third kappa shape index (κ3) is 8.70. The van der Waals surface area contributed by atoms with E-state index in [2.05, 4.69) is 41.5 Å². The summed E-state index contributed by atoms with van der Waals surface area (Å²) in [6.45, 7) is 2.88. The zero-order valence-electron chi connectivity index (χ0n) is 18.2. The number of unbranched alkanes of at least 4 members (excludes halogenated alkanes) is 4. The van der Waals surface area contributed by atoms with Crippen LogP contribution in [0.25, 0.3) is 0 Å². The van der Waals surface area contributed by atoms with E-state index in [1.165, 1.54) is 12.8 Å². The summed E-state index contributed by atoms with van der Waals surface area (Å²) in [6.07, 6.45) is 14.2. The van der Waals surface area contributed by atoms with Crippen molar-refractivity contribution in [1.29, 1.82) is 0 Å². The van der Waals surface area contributed by atoms with E-state index >= 15 is 0 Å². The molecule has 0 spiro atoms. The minimum Gasteiger partial charge on any atom is -0.481 e. The Balaban J connectivity index is 1.66. The van der Waals surface area contributed by atoms with Gasteiger partial charge in [0.1, 0.15) is 0 Å². The Bertz CT molecular complexity index is 596. The normalized spacial score (nSPS) is 25.0. The summed E-state index contributed by atoms with van der Waals surface area (Å²) >= 11 is 2.07. The average Bonchev–Trinajstić information content (AvgIpc) is 3.32. The van der Waals surface area contributed by atoms with Gasteiger partial charge in [0, 0.05) is 29.9 Å². The van der Waals surface area contributed by atoms with Crippen LogP contribution < -0.4 is 10.6 Å². The van der Waals surface area contributed by atoms with Crippen LogP contribution in [0, 0.1) is 11.8 Å². The minimum atomic E-state index is -0.739. The van der Waals surface area contributed by atoms with Crippen molar-refractivity contribution in [2.24, 2.45) is 11.8 Å². The molecule has 0 aromatic carbocycles. The van der Waals surface area contributed by atoms with Gasteiger partial charge >= 0.3 is 5.97 Å². The third-order valence-electron chi connectivity index (χ3n) is 6.17. The number of hydrogen-bond donors (Lipinski definition) is 3. The summed E-state index contributed by atoms with van der Waals surface area (Å²) in [5.41, 5.74) is 0. The molecule has 6 nitrogen and oxygen atoms in total. The molecule has 2 rings (SSSR count). The van der Waals surface area contributed by atoms with Crippen LogP contribution in [-0.4, -0.2) is 46.5 Å². The smallest absolute Gasteiger partial charge is 0.303 e. The maximum absolute atomic E-state index is 12.2. The number of carboxylic acids is 1. The zero-order chi connectivity index (χ0) is 21.8. The van der Waals surface area contributed by atoms with Gasteiger partial charge in [-0.05, 0) is 50.4 Å². The summed E-state index contributed by atoms with van der Waals surface area (Å²) in [6, 6.07) is 0. The van der Waals surface area contributed by atoms with Gasteiger partial charge in [0.25, 0.3) is 0 Å². The highest BCUT2D eigenvalue weighted by atomic mass is 32.2. The van der Waals surface area contributed by atoms with E-state index in [0.29, 0.717) is 41.7 Å². The molecule has 2 saturated heterocycles. The fourth-order valence-electron chi connectivity index (χ4n) is 4.50. The molecular weight excluding hydrogens is 400 g/mol. The second-order valence-corrected chi connectivity index (χ2v) is 9.99. The Hall–Kier alpha value is -1.50. The SMILES string of the molecule is CCCCCCC(=O)NCC(=O)NC[C@H]1[C@@H](C/C=C\CCCC(=O)O)[C@H]2CC[C@H]1S2. The first-order valence-corrected chi connectivity index (χ1v) is 12.5. The molecule has 170 valence electrons. The van der Waals surface area contributed by atoms with Crippen molar-refractivity contribution in [2.75, 3.05) is 13.1 Å². The van der Waals surface area contributed by atoms with E-state index in [1.807, 2.05) is 0 Å². The standard InChI is InChI=1S/C23H38N2O4S/c1-2-3-4-8-11-21(26)25-16-22(27)24-15-18-17(19-13-14-20(18)30-19)10-7-5-6-9-12-23(28)29/h5,7,17-20H,2-4,6,8-16H2,1H3,(H,24,27)(H,25,26)(H,28,29)/b7-5-/t17-,18+,19-,20-/m1/s1. The van der Waals surface area contributed by atoms with Crippen LogP contribution in [0.3, 0.4) is 0 Å². The first-order valence-electron chi connectivity index (χ1n) is 11.6. The fourth-order valence-corrected chi connectivity index (χ4v) is 6.50. The number of amides is 2. The Morgan fingerprint density at radius 2 is 1.70 bits per heavy atom. The van der Waals surface area contributed by atoms with Crippen LogP contribution in [0.15, 0.2) is 12.2 Å². The van der Waals surface area contributed by atoms with Crippen molar-refractivity contribution < 1.29 is 19.5 Å². The molecule has 2 amide bonds. The van der Waals surface area contributed by atoms with Gasteiger partial charge in [-0.3, -0.25) is 14.4 Å². The highest BCUT2D eigenvalue weighted by molar-refractivity contribution is 8.01. The first kappa shape index (κ1) is 24.8. The summed E-state index contributed by atoms with van der Waals surface area (Å²) in [4.78, 5) is 34.6. The van der Waals surface area contributed by atoms with Crippen molar-refractivity contribution >= 4 is 29.5 Å². The highest BCUT2D eigenvalue weighted by Crippen LogP contribution is 2.54. The molecule has 0 aromatic rings. The second kappa shape index (κ2) is 13.7. The predicted octanol–water partition coefficient (Wildman–Crippen LogP) is 3.90. The van der Waals surface area contributed by atoms with Crippen molar-refractivity contribution in [3.63, 3.8) is 0 Å². The zero-order valence-corrected chi connectivity index (χ0v) is 19.1. The largest absolute Gasteiger partial charge is 0.481 e. The Morgan fingerprint density at radius 3 is 2.43 bits per heavy atom. The van der Waals surface area contributed by atoms with Crippen molar-refractivity contribution in [3.05, 3.63) is 12.2 Å². The van der Waals surface area contributed by atoms with E-state index in [0.717, 1.165) is 38.5 Å². The van der Waals surface area contributed by atoms with Gasteiger partial charge in [-0.1, -0.05) is 38.3 Å². The molecule has 3 N–H and O–H groups in total. The first-order chi connectivity index (χ1) is 14.5. The van der Waals surface area contributed by atoms with E-state index in [4.69, 9.17) is 5.11 Å². The maximum Gasteiger partial charge on any atom is 0.303 e. The number of aliphatic carboxylic acids is 1. The van der Waals surface area contributed by atoms with Gasteiger partial charge in [-0.2, -0.15) is 11.8 Å². The Morgan fingerprint density at radius 1 is 0.933 bits per heavy atom. The van der Waals surface area contributed by atoms with Gasteiger partial charge in [-0.25, -0.2) is 0 Å². The summed E-state index contributed by atoms with van der Waals surface area (Å²) in [5, 5.41) is 15.8. The van der Waals surface area contributed by atoms with Crippen LogP contribution in [0.1, 0.15) is 77.6 Å². The molecule has 4 atom stereocenters. The molecule has 30 heavy (non-hydrogen) atoms. The summed E-state index contributed by atoms with van der Waals surface area (Å²) < 4.78 is 0. The number of carbonyl (C=O) groups is 3. The summed E-state index contributed by atoms with van der Waals surface area (Å²) in [5.74, 6) is 0.163. The van der Waals surface area contributed by atoms with Crippen molar-refractivity contribution in [3.8, 4) is 0 Å². The lowest BCUT2D eigenvalue weighted by Crippen LogP contribution is -2.42. The van der Waals surface area contributed by atoms with E-state index < -0.39 is 5.97 Å². The molecule has 0 saturated carbocycles. The minimum absolute atomic E-state index is 0.0392. The monoisotopic (exact) mass is 438 g/mol. The van der Waals surface area contributed by atoms with Crippen LogP contribution in [0.2, 0.25) is 0 Å². The molecule has 2 aliphatic heterocycles. The highest BCUT2D eigenvalue weighted by Gasteiger charge is 2.47. The quantitative estimate of drug-likeness (QED) is 0.266. The van der Waals surface area contributed by atoms with Crippen LogP contribution in [0.4, 0.5) is 0 Å². The number of nitrogens with one attached hydrogen (secondary N) is 2. The lowest BCUT2D eigenvalue weighted by atomic mass is 9.77. The number of fused-ring (bicyclic) bond motifs is 2. The Labute approximate surface area is 185 Å². The van der Waals surface area contributed by atoms with E-state index in [1.54, 1.807) is 0 Å². The lowest BCUT2D eigenvalue weighted by molar-refractivity contribution is -0.137. The van der Waals surface area contributed by atoms with Crippen LogP contribution in [0.5, 0.6) is 0 Å². The van der Waals surface area contributed by atoms with Crippen LogP contribution >= 0.6 is 11.8 Å². The van der Waals surface area contributed by atoms with Crippen molar-refractivity contribution in [2.45, 2.75) is 88.1 Å². The number of carboxylic acid groups (broad SMARTS) is 1. The molecule has 2 aliphatic rings. The average molecular weight is 439 g/mol. The Kier molecular flexibility index (Phi) is 11.3. The fraction of sp³-hybridized carbons (Fsp3) is 0.783. The molecule has 2 bridgehead atoms. The molecule has 0 aliphatic carbocycles. The lowest BCUT2D eigenvalue weighted by Gasteiger charge is -2.29. The number of allylic oxidation sites excluding steroid dienone is 2. The van der Waals surface area contributed by atoms with Crippen molar-refractivity contribution in [1.82, 2.24) is 10.6 Å². The number of hydrogen-bond acceptors (Lipinski definition) is 4. The van der Waals surface area contributed by atoms with Gasteiger partial charge in [0.05, 0.1) is 6.54 Å².